The van der Waals surface area contributed by atoms with E-state index in [-0.39, 0.29) is 5.54 Å². The van der Waals surface area contributed by atoms with Crippen LogP contribution in [0.15, 0.2) is 24.3 Å². The quantitative estimate of drug-likeness (QED) is 0.596. The van der Waals surface area contributed by atoms with Crippen LogP contribution in [0.3, 0.4) is 0 Å². The second kappa shape index (κ2) is 3.23. The Labute approximate surface area is 86.1 Å². The maximum Gasteiger partial charge on any atom is 0.171 e. The maximum atomic E-state index is 2.43. The summed E-state index contributed by atoms with van der Waals surface area (Å²) in [5.41, 5.74) is 3.12. The van der Waals surface area contributed by atoms with E-state index in [9.17, 15) is 0 Å². The Bertz CT molecular complexity index is 375. The van der Waals surface area contributed by atoms with Crippen LogP contribution in [0.1, 0.15) is 31.9 Å². The molecule has 0 aliphatic carbocycles. The summed E-state index contributed by atoms with van der Waals surface area (Å²) in [6, 6.07) is 8.68. The zero-order chi connectivity index (χ0) is 10.2. The minimum atomic E-state index is 0.267. The van der Waals surface area contributed by atoms with Crippen LogP contribution in [0.2, 0.25) is 0 Å². The van der Waals surface area contributed by atoms with Gasteiger partial charge in [-0.25, -0.2) is 4.58 Å². The Balaban J connectivity index is 2.50. The van der Waals surface area contributed by atoms with Crippen LogP contribution < -0.4 is 0 Å². The Kier molecular flexibility index (Phi) is 2.18. The number of rotatable bonds is 1. The van der Waals surface area contributed by atoms with Crippen molar-refractivity contribution in [1.82, 2.24) is 0 Å². The Morgan fingerprint density at radius 2 is 2.00 bits per heavy atom. The lowest BCUT2D eigenvalue weighted by Gasteiger charge is -2.27. The summed E-state index contributed by atoms with van der Waals surface area (Å²) in [6.45, 7) is 7.92. The second-order valence-corrected chi connectivity index (χ2v) is 4.60. The van der Waals surface area contributed by atoms with E-state index in [1.54, 1.807) is 0 Å². The molecule has 0 atom stereocenters. The molecule has 0 fully saturated rings. The topological polar surface area (TPSA) is 3.01 Å². The SMILES string of the molecule is CC[N+]1=Cc2ccccc2CC1(C)C. The number of benzene rings is 1. The summed E-state index contributed by atoms with van der Waals surface area (Å²) in [6.07, 6.45) is 3.44. The van der Waals surface area contributed by atoms with Gasteiger partial charge in [0.15, 0.2) is 11.8 Å². The van der Waals surface area contributed by atoms with E-state index in [2.05, 4.69) is 55.8 Å². The summed E-state index contributed by atoms with van der Waals surface area (Å²) in [5, 5.41) is 0. The molecule has 1 aliphatic rings. The lowest BCUT2D eigenvalue weighted by atomic mass is 9.88. The van der Waals surface area contributed by atoms with E-state index in [4.69, 9.17) is 0 Å². The predicted molar refractivity (Wildman–Crippen MR) is 60.2 cm³/mol. The molecule has 0 bridgehead atoms. The summed E-state index contributed by atoms with van der Waals surface area (Å²) in [4.78, 5) is 0. The van der Waals surface area contributed by atoms with Gasteiger partial charge in [0.1, 0.15) is 6.54 Å². The van der Waals surface area contributed by atoms with Crippen molar-refractivity contribution in [2.45, 2.75) is 32.7 Å². The van der Waals surface area contributed by atoms with Crippen LogP contribution in [0.5, 0.6) is 0 Å². The van der Waals surface area contributed by atoms with E-state index in [0.29, 0.717) is 0 Å². The number of fused-ring (bicyclic) bond motifs is 1. The number of hydrogen-bond donors (Lipinski definition) is 0. The summed E-state index contributed by atoms with van der Waals surface area (Å²) in [5.74, 6) is 0. The third-order valence-electron chi connectivity index (χ3n) is 3.09. The van der Waals surface area contributed by atoms with Crippen LogP contribution in [0.4, 0.5) is 0 Å². The number of nitrogens with zero attached hydrogens (tertiary/aromatic N) is 1. The van der Waals surface area contributed by atoms with Crippen molar-refractivity contribution in [1.29, 1.82) is 0 Å². The molecule has 1 aromatic rings. The van der Waals surface area contributed by atoms with Crippen molar-refractivity contribution in [3.8, 4) is 0 Å². The molecule has 1 aromatic carbocycles. The third-order valence-corrected chi connectivity index (χ3v) is 3.09. The number of hydrogen-bond acceptors (Lipinski definition) is 0. The predicted octanol–water partition coefficient (Wildman–Crippen LogP) is 2.47. The van der Waals surface area contributed by atoms with Gasteiger partial charge in [-0.15, -0.1) is 0 Å². The molecule has 1 nitrogen and oxygen atoms in total. The molecule has 0 aromatic heterocycles. The lowest BCUT2D eigenvalue weighted by Crippen LogP contribution is -2.42. The summed E-state index contributed by atoms with van der Waals surface area (Å²) < 4.78 is 2.43. The fraction of sp³-hybridized carbons (Fsp3) is 0.462. The minimum absolute atomic E-state index is 0.267. The molecule has 74 valence electrons. The van der Waals surface area contributed by atoms with Gasteiger partial charge in [-0.3, -0.25) is 0 Å². The van der Waals surface area contributed by atoms with Gasteiger partial charge in [-0.2, -0.15) is 0 Å². The van der Waals surface area contributed by atoms with Crippen molar-refractivity contribution < 1.29 is 4.58 Å². The largest absolute Gasteiger partial charge is 0.231 e. The molecule has 0 saturated heterocycles. The van der Waals surface area contributed by atoms with Crippen molar-refractivity contribution in [2.24, 2.45) is 0 Å². The van der Waals surface area contributed by atoms with Gasteiger partial charge in [-0.05, 0) is 18.6 Å². The van der Waals surface area contributed by atoms with Crippen molar-refractivity contribution in [3.63, 3.8) is 0 Å². The molecule has 0 spiro atoms. The zero-order valence-corrected chi connectivity index (χ0v) is 9.25. The highest BCUT2D eigenvalue weighted by Gasteiger charge is 2.33. The Morgan fingerprint density at radius 3 is 2.71 bits per heavy atom. The molecule has 14 heavy (non-hydrogen) atoms. The summed E-state index contributed by atoms with van der Waals surface area (Å²) in [7, 11) is 0. The molecule has 0 radical (unpaired) electrons. The highest BCUT2D eigenvalue weighted by Crippen LogP contribution is 2.23. The monoisotopic (exact) mass is 188 g/mol. The number of likely N-dealkylation sites (N-methyl/N-ethyl adjacent to an activating group) is 1. The molecule has 0 N–H and O–H groups in total. The van der Waals surface area contributed by atoms with E-state index in [1.165, 1.54) is 11.1 Å². The van der Waals surface area contributed by atoms with Crippen LogP contribution in [-0.4, -0.2) is 22.9 Å². The van der Waals surface area contributed by atoms with Gasteiger partial charge < -0.3 is 0 Å². The van der Waals surface area contributed by atoms with Crippen LogP contribution >= 0.6 is 0 Å². The van der Waals surface area contributed by atoms with Gasteiger partial charge in [0.05, 0.1) is 0 Å². The highest BCUT2D eigenvalue weighted by molar-refractivity contribution is 5.79. The first-order valence-corrected chi connectivity index (χ1v) is 5.33. The zero-order valence-electron chi connectivity index (χ0n) is 9.25. The lowest BCUT2D eigenvalue weighted by molar-refractivity contribution is -0.595. The fourth-order valence-electron chi connectivity index (χ4n) is 2.25. The molecule has 1 heteroatoms. The average Bonchev–Trinajstić information content (AvgIpc) is 2.15. The van der Waals surface area contributed by atoms with Crippen LogP contribution in [0.25, 0.3) is 0 Å². The van der Waals surface area contributed by atoms with E-state index >= 15 is 0 Å². The smallest absolute Gasteiger partial charge is 0.171 e. The van der Waals surface area contributed by atoms with Crippen molar-refractivity contribution in [3.05, 3.63) is 35.4 Å². The molecule has 0 saturated carbocycles. The molecule has 2 rings (SSSR count). The van der Waals surface area contributed by atoms with Gasteiger partial charge in [0.2, 0.25) is 0 Å². The van der Waals surface area contributed by atoms with E-state index < -0.39 is 0 Å². The standard InChI is InChI=1S/C13H18N/c1-4-14-10-12-8-6-5-7-11(12)9-13(14,2)3/h5-8,10H,4,9H2,1-3H3/q+1. The molecular weight excluding hydrogens is 170 g/mol. The molecule has 0 amide bonds. The minimum Gasteiger partial charge on any atom is -0.231 e. The van der Waals surface area contributed by atoms with Gasteiger partial charge >= 0.3 is 0 Å². The van der Waals surface area contributed by atoms with Gasteiger partial charge in [0, 0.05) is 25.8 Å². The third kappa shape index (κ3) is 1.47. The normalized spacial score (nSPS) is 18.6. The second-order valence-electron chi connectivity index (χ2n) is 4.60. The summed E-state index contributed by atoms with van der Waals surface area (Å²) >= 11 is 0. The average molecular weight is 188 g/mol. The maximum absolute atomic E-state index is 2.43. The Hall–Kier alpha value is -1.11. The van der Waals surface area contributed by atoms with E-state index in [0.717, 1.165) is 13.0 Å². The van der Waals surface area contributed by atoms with Crippen LogP contribution in [-0.2, 0) is 6.42 Å². The van der Waals surface area contributed by atoms with Gasteiger partial charge in [0.25, 0.3) is 0 Å². The van der Waals surface area contributed by atoms with Gasteiger partial charge in [-0.1, -0.05) is 18.2 Å². The van der Waals surface area contributed by atoms with Crippen LogP contribution in [0, 0.1) is 0 Å². The molecular formula is C13H18N+. The van der Waals surface area contributed by atoms with Crippen molar-refractivity contribution in [2.75, 3.05) is 6.54 Å². The fourth-order valence-corrected chi connectivity index (χ4v) is 2.25. The molecule has 1 heterocycles. The highest BCUT2D eigenvalue weighted by atomic mass is 15.1. The first-order valence-electron chi connectivity index (χ1n) is 5.33. The first-order chi connectivity index (χ1) is 6.63. The first kappa shape index (κ1) is 9.45. The molecule has 0 unspecified atom stereocenters. The Morgan fingerprint density at radius 1 is 1.29 bits per heavy atom. The molecule has 1 aliphatic heterocycles. The van der Waals surface area contributed by atoms with Crippen molar-refractivity contribution >= 4 is 6.21 Å². The van der Waals surface area contributed by atoms with E-state index in [1.807, 2.05) is 0 Å².